The molecule has 0 aliphatic heterocycles. The standard InChI is InChI=1S/C35H53NO7Si/c1-34(2,3)43-33(38)36-31(32(37)41-26-28-14-11-10-12-15-28)24-27(21-23-42-44(8,9)35(4,5)6)16-13-22-40-25-29-17-19-30(39-7)20-18-29/h10-12,14-15,17-21,31H,13,16,22-26H2,1-9H3,(H,36,38)/b27-21+/t31-/m0/s1. The molecule has 0 aliphatic rings. The molecule has 0 aliphatic carbocycles. The molecule has 0 saturated heterocycles. The van der Waals surface area contributed by atoms with Crippen molar-refractivity contribution in [1.29, 1.82) is 0 Å². The summed E-state index contributed by atoms with van der Waals surface area (Å²) in [6, 6.07) is 16.3. The summed E-state index contributed by atoms with van der Waals surface area (Å²) in [6.07, 6.45) is 3.05. The Hall–Kier alpha value is -3.14. The largest absolute Gasteiger partial charge is 0.497 e. The van der Waals surface area contributed by atoms with Crippen molar-refractivity contribution in [2.24, 2.45) is 0 Å². The number of hydrogen-bond acceptors (Lipinski definition) is 7. The Morgan fingerprint density at radius 2 is 1.55 bits per heavy atom. The van der Waals surface area contributed by atoms with Crippen LogP contribution in [0.3, 0.4) is 0 Å². The van der Waals surface area contributed by atoms with E-state index >= 15 is 0 Å². The van der Waals surface area contributed by atoms with Gasteiger partial charge in [-0.15, -0.1) is 0 Å². The van der Waals surface area contributed by atoms with Crippen LogP contribution in [0.5, 0.6) is 5.75 Å². The highest BCUT2D eigenvalue weighted by molar-refractivity contribution is 6.74. The van der Waals surface area contributed by atoms with E-state index in [2.05, 4.69) is 39.2 Å². The van der Waals surface area contributed by atoms with Crippen molar-refractivity contribution >= 4 is 20.4 Å². The van der Waals surface area contributed by atoms with Crippen LogP contribution in [-0.4, -0.2) is 52.3 Å². The van der Waals surface area contributed by atoms with Gasteiger partial charge in [0, 0.05) is 6.61 Å². The molecule has 0 fully saturated rings. The molecule has 0 unspecified atom stereocenters. The highest BCUT2D eigenvalue weighted by atomic mass is 28.4. The van der Waals surface area contributed by atoms with E-state index in [0.29, 0.717) is 26.2 Å². The number of ether oxygens (including phenoxy) is 4. The van der Waals surface area contributed by atoms with E-state index in [0.717, 1.165) is 28.9 Å². The summed E-state index contributed by atoms with van der Waals surface area (Å²) < 4.78 is 28.7. The van der Waals surface area contributed by atoms with Gasteiger partial charge in [0.15, 0.2) is 8.32 Å². The molecule has 2 rings (SSSR count). The van der Waals surface area contributed by atoms with Crippen LogP contribution in [0, 0.1) is 0 Å². The number of carbonyl (C=O) groups excluding carboxylic acids is 2. The van der Waals surface area contributed by atoms with E-state index in [1.807, 2.05) is 60.7 Å². The first kappa shape index (κ1) is 37.0. The average molecular weight is 628 g/mol. The molecule has 244 valence electrons. The normalized spacial score (nSPS) is 13.2. The number of methoxy groups -OCH3 is 1. The Labute approximate surface area is 265 Å². The molecule has 1 N–H and O–H groups in total. The minimum atomic E-state index is -1.98. The van der Waals surface area contributed by atoms with Crippen LogP contribution < -0.4 is 10.1 Å². The highest BCUT2D eigenvalue weighted by Gasteiger charge is 2.36. The Balaban J connectivity index is 2.14. The summed E-state index contributed by atoms with van der Waals surface area (Å²) in [6.45, 7) is 17.9. The first-order valence-corrected chi connectivity index (χ1v) is 18.2. The van der Waals surface area contributed by atoms with Crippen molar-refractivity contribution in [1.82, 2.24) is 5.32 Å². The summed E-state index contributed by atoms with van der Waals surface area (Å²) >= 11 is 0. The lowest BCUT2D eigenvalue weighted by molar-refractivity contribution is -0.147. The summed E-state index contributed by atoms with van der Waals surface area (Å²) in [5.41, 5.74) is 2.20. The average Bonchev–Trinajstić information content (AvgIpc) is 2.94. The molecule has 9 heteroatoms. The highest BCUT2D eigenvalue weighted by Crippen LogP contribution is 2.36. The van der Waals surface area contributed by atoms with Gasteiger partial charge in [-0.25, -0.2) is 9.59 Å². The third kappa shape index (κ3) is 14.1. The van der Waals surface area contributed by atoms with Crippen LogP contribution in [0.4, 0.5) is 4.79 Å². The fraction of sp³-hybridized carbons (Fsp3) is 0.543. The molecule has 0 aromatic heterocycles. The van der Waals surface area contributed by atoms with Gasteiger partial charge in [0.2, 0.25) is 0 Å². The minimum absolute atomic E-state index is 0.0678. The Bertz CT molecular complexity index is 1180. The number of benzene rings is 2. The summed E-state index contributed by atoms with van der Waals surface area (Å²) in [4.78, 5) is 26.1. The molecule has 0 radical (unpaired) electrons. The van der Waals surface area contributed by atoms with Gasteiger partial charge in [-0.1, -0.05) is 74.9 Å². The zero-order valence-corrected chi connectivity index (χ0v) is 29.2. The lowest BCUT2D eigenvalue weighted by Crippen LogP contribution is -2.44. The first-order chi connectivity index (χ1) is 20.6. The van der Waals surface area contributed by atoms with Crippen LogP contribution in [0.2, 0.25) is 18.1 Å². The first-order valence-electron chi connectivity index (χ1n) is 15.3. The van der Waals surface area contributed by atoms with Gasteiger partial charge in [-0.05, 0) is 81.4 Å². The fourth-order valence-electron chi connectivity index (χ4n) is 3.92. The maximum atomic E-state index is 13.3. The molecule has 0 bridgehead atoms. The van der Waals surface area contributed by atoms with Crippen LogP contribution in [-0.2, 0) is 36.6 Å². The lowest BCUT2D eigenvalue weighted by atomic mass is 10.0. The van der Waals surface area contributed by atoms with Crippen molar-refractivity contribution in [3.8, 4) is 5.75 Å². The maximum Gasteiger partial charge on any atom is 0.408 e. The van der Waals surface area contributed by atoms with E-state index in [1.165, 1.54) is 0 Å². The van der Waals surface area contributed by atoms with Crippen LogP contribution in [0.15, 0.2) is 66.2 Å². The maximum absolute atomic E-state index is 13.3. The molecule has 2 aromatic carbocycles. The molecule has 0 saturated carbocycles. The molecular formula is C35H53NO7Si. The third-order valence-electron chi connectivity index (χ3n) is 7.50. The molecule has 8 nitrogen and oxygen atoms in total. The monoisotopic (exact) mass is 627 g/mol. The molecular weight excluding hydrogens is 574 g/mol. The van der Waals surface area contributed by atoms with Crippen LogP contribution in [0.25, 0.3) is 0 Å². The summed E-state index contributed by atoms with van der Waals surface area (Å²) in [5.74, 6) is 0.284. The van der Waals surface area contributed by atoms with Gasteiger partial charge < -0.3 is 28.7 Å². The van der Waals surface area contributed by atoms with Crippen molar-refractivity contribution in [3.63, 3.8) is 0 Å². The van der Waals surface area contributed by atoms with E-state index in [1.54, 1.807) is 27.9 Å². The predicted octanol–water partition coefficient (Wildman–Crippen LogP) is 7.97. The lowest BCUT2D eigenvalue weighted by Gasteiger charge is -2.35. The van der Waals surface area contributed by atoms with E-state index in [4.69, 9.17) is 23.4 Å². The molecule has 1 atom stereocenters. The van der Waals surface area contributed by atoms with Crippen molar-refractivity contribution in [3.05, 3.63) is 77.4 Å². The summed E-state index contributed by atoms with van der Waals surface area (Å²) in [7, 11) is -0.341. The SMILES string of the molecule is COc1ccc(COCCC/C(=C\CO[Si](C)(C)C(C)(C)C)C[C@H](NC(=O)OC(C)(C)C)C(=O)OCc2ccccc2)cc1. The van der Waals surface area contributed by atoms with Gasteiger partial charge in [0.25, 0.3) is 0 Å². The Morgan fingerprint density at radius 3 is 2.14 bits per heavy atom. The van der Waals surface area contributed by atoms with E-state index < -0.39 is 32.0 Å². The van der Waals surface area contributed by atoms with Crippen molar-refractivity contribution in [2.75, 3.05) is 20.3 Å². The predicted molar refractivity (Wildman–Crippen MR) is 177 cm³/mol. The topological polar surface area (TPSA) is 92.3 Å². The number of rotatable bonds is 16. The van der Waals surface area contributed by atoms with Gasteiger partial charge in [0.1, 0.15) is 24.0 Å². The number of hydrogen-bond donors (Lipinski definition) is 1. The quantitative estimate of drug-likeness (QED) is 0.0873. The number of esters is 1. The Morgan fingerprint density at radius 1 is 0.909 bits per heavy atom. The number of alkyl carbamates (subject to hydrolysis) is 1. The van der Waals surface area contributed by atoms with Crippen LogP contribution >= 0.6 is 0 Å². The second-order valence-electron chi connectivity index (χ2n) is 13.4. The van der Waals surface area contributed by atoms with Gasteiger partial charge in [-0.2, -0.15) is 0 Å². The van der Waals surface area contributed by atoms with Crippen LogP contribution in [0.1, 0.15) is 71.9 Å². The Kier molecular flexibility index (Phi) is 14.6. The fourth-order valence-corrected chi connectivity index (χ4v) is 4.85. The molecule has 2 aromatic rings. The zero-order chi connectivity index (χ0) is 32.8. The molecule has 0 heterocycles. The molecule has 44 heavy (non-hydrogen) atoms. The number of carbonyl (C=O) groups is 2. The van der Waals surface area contributed by atoms with Crippen molar-refractivity contribution in [2.45, 2.75) is 104 Å². The second-order valence-corrected chi connectivity index (χ2v) is 18.2. The molecule has 1 amide bonds. The second kappa shape index (κ2) is 17.4. The van der Waals surface area contributed by atoms with E-state index in [9.17, 15) is 9.59 Å². The molecule has 0 spiro atoms. The number of amides is 1. The smallest absolute Gasteiger partial charge is 0.408 e. The zero-order valence-electron chi connectivity index (χ0n) is 28.2. The third-order valence-corrected chi connectivity index (χ3v) is 12.0. The van der Waals surface area contributed by atoms with E-state index in [-0.39, 0.29) is 18.1 Å². The summed E-state index contributed by atoms with van der Waals surface area (Å²) in [5, 5.41) is 2.82. The van der Waals surface area contributed by atoms with Gasteiger partial charge in [0.05, 0.1) is 20.3 Å². The van der Waals surface area contributed by atoms with Gasteiger partial charge in [-0.3, -0.25) is 0 Å². The minimum Gasteiger partial charge on any atom is -0.497 e. The van der Waals surface area contributed by atoms with Gasteiger partial charge >= 0.3 is 12.1 Å². The van der Waals surface area contributed by atoms with Crippen molar-refractivity contribution < 1.29 is 33.0 Å². The number of nitrogens with one attached hydrogen (secondary N) is 1.